The van der Waals surface area contributed by atoms with Crippen LogP contribution in [0, 0.1) is 5.82 Å². The first-order chi connectivity index (χ1) is 8.53. The molecular weight excluding hydrogens is 255 g/mol. The molecule has 1 aliphatic carbocycles. The number of carbonyl (C=O) groups is 1. The molecule has 0 aromatic heterocycles. The average Bonchev–Trinajstić information content (AvgIpc) is 2.54. The van der Waals surface area contributed by atoms with E-state index < -0.39 is 17.2 Å². The van der Waals surface area contributed by atoms with Gasteiger partial charge in [-0.25, -0.2) is 4.39 Å². The highest BCUT2D eigenvalue weighted by Gasteiger charge is 2.37. The molecule has 0 heterocycles. The first-order valence-electron chi connectivity index (χ1n) is 6.25. The average molecular weight is 271 g/mol. The van der Waals surface area contributed by atoms with Crippen LogP contribution < -0.4 is 0 Å². The molecule has 0 radical (unpaired) electrons. The summed E-state index contributed by atoms with van der Waals surface area (Å²) in [6.45, 7) is 0. The Kier molecular flexibility index (Phi) is 4.03. The Morgan fingerprint density at radius 1 is 1.22 bits per heavy atom. The van der Waals surface area contributed by atoms with Gasteiger partial charge in [0.2, 0.25) is 0 Å². The molecular formula is C14H16ClFO2. The van der Waals surface area contributed by atoms with E-state index in [1.807, 2.05) is 0 Å². The van der Waals surface area contributed by atoms with Crippen LogP contribution in [-0.2, 0) is 0 Å². The number of hydrogen-bond acceptors (Lipinski definition) is 2. The van der Waals surface area contributed by atoms with Gasteiger partial charge >= 0.3 is 0 Å². The van der Waals surface area contributed by atoms with E-state index in [9.17, 15) is 14.3 Å². The molecule has 0 spiro atoms. The highest BCUT2D eigenvalue weighted by Crippen LogP contribution is 2.31. The second-order valence-corrected chi connectivity index (χ2v) is 5.34. The number of aliphatic hydroxyl groups is 1. The largest absolute Gasteiger partial charge is 0.382 e. The summed E-state index contributed by atoms with van der Waals surface area (Å²) in [5, 5.41) is 10.7. The number of halogens is 2. The normalized spacial score (nSPS) is 19.3. The van der Waals surface area contributed by atoms with Gasteiger partial charge in [0.15, 0.2) is 5.78 Å². The first kappa shape index (κ1) is 13.5. The fraction of sp³-hybridized carbons (Fsp3) is 0.500. The standard InChI is InChI=1S/C14H16ClFO2/c15-10-5-6-11(12(16)9-10)13(17)14(18)7-3-1-2-4-8-14/h5-6,9,18H,1-4,7-8H2. The van der Waals surface area contributed by atoms with E-state index in [0.29, 0.717) is 12.8 Å². The summed E-state index contributed by atoms with van der Waals surface area (Å²) in [6, 6.07) is 3.93. The Bertz CT molecular complexity index is 451. The van der Waals surface area contributed by atoms with Crippen molar-refractivity contribution in [3.05, 3.63) is 34.6 Å². The van der Waals surface area contributed by atoms with Crippen LogP contribution in [0.4, 0.5) is 4.39 Å². The van der Waals surface area contributed by atoms with E-state index in [4.69, 9.17) is 11.6 Å². The maximum absolute atomic E-state index is 13.7. The van der Waals surface area contributed by atoms with Gasteiger partial charge in [-0.3, -0.25) is 4.79 Å². The van der Waals surface area contributed by atoms with Gasteiger partial charge in [-0.1, -0.05) is 37.3 Å². The number of Topliss-reactive ketones (excluding diaryl/α,β-unsaturated/α-hetero) is 1. The van der Waals surface area contributed by atoms with Gasteiger partial charge in [0, 0.05) is 5.02 Å². The molecule has 98 valence electrons. The lowest BCUT2D eigenvalue weighted by molar-refractivity contribution is 0.0234. The lowest BCUT2D eigenvalue weighted by Crippen LogP contribution is -2.38. The van der Waals surface area contributed by atoms with Crippen LogP contribution in [0.3, 0.4) is 0 Å². The topological polar surface area (TPSA) is 37.3 Å². The molecule has 0 unspecified atom stereocenters. The van der Waals surface area contributed by atoms with Crippen molar-refractivity contribution >= 4 is 17.4 Å². The third-order valence-corrected chi connectivity index (χ3v) is 3.76. The number of ketones is 1. The molecule has 0 amide bonds. The monoisotopic (exact) mass is 270 g/mol. The van der Waals surface area contributed by atoms with Crippen molar-refractivity contribution in [3.63, 3.8) is 0 Å². The smallest absolute Gasteiger partial charge is 0.197 e. The lowest BCUT2D eigenvalue weighted by Gasteiger charge is -2.25. The second-order valence-electron chi connectivity index (χ2n) is 4.90. The summed E-state index contributed by atoms with van der Waals surface area (Å²) in [6.07, 6.45) is 4.45. The van der Waals surface area contributed by atoms with E-state index in [0.717, 1.165) is 31.7 Å². The van der Waals surface area contributed by atoms with Crippen molar-refractivity contribution in [2.24, 2.45) is 0 Å². The summed E-state index contributed by atoms with van der Waals surface area (Å²) in [4.78, 5) is 12.3. The predicted molar refractivity (Wildman–Crippen MR) is 68.4 cm³/mol. The summed E-state index contributed by atoms with van der Waals surface area (Å²) < 4.78 is 13.7. The summed E-state index contributed by atoms with van der Waals surface area (Å²) in [5.41, 5.74) is -1.48. The second kappa shape index (κ2) is 5.37. The maximum atomic E-state index is 13.7. The van der Waals surface area contributed by atoms with Crippen molar-refractivity contribution in [3.8, 4) is 0 Å². The van der Waals surface area contributed by atoms with Crippen LogP contribution in [0.25, 0.3) is 0 Å². The zero-order valence-electron chi connectivity index (χ0n) is 10.1. The van der Waals surface area contributed by atoms with Gasteiger partial charge in [-0.2, -0.15) is 0 Å². The van der Waals surface area contributed by atoms with Crippen molar-refractivity contribution in [2.45, 2.75) is 44.1 Å². The highest BCUT2D eigenvalue weighted by atomic mass is 35.5. The van der Waals surface area contributed by atoms with Crippen LogP contribution in [-0.4, -0.2) is 16.5 Å². The van der Waals surface area contributed by atoms with Crippen LogP contribution in [0.1, 0.15) is 48.9 Å². The molecule has 0 saturated heterocycles. The van der Waals surface area contributed by atoms with E-state index in [2.05, 4.69) is 0 Å². The van der Waals surface area contributed by atoms with Crippen molar-refractivity contribution in [2.75, 3.05) is 0 Å². The summed E-state index contributed by atoms with van der Waals surface area (Å²) >= 11 is 5.65. The van der Waals surface area contributed by atoms with Crippen LogP contribution in [0.15, 0.2) is 18.2 Å². The molecule has 1 aromatic rings. The molecule has 0 bridgehead atoms. The van der Waals surface area contributed by atoms with Crippen LogP contribution in [0.5, 0.6) is 0 Å². The zero-order chi connectivity index (χ0) is 13.2. The molecule has 18 heavy (non-hydrogen) atoms. The number of rotatable bonds is 2. The zero-order valence-corrected chi connectivity index (χ0v) is 10.8. The third kappa shape index (κ3) is 2.73. The molecule has 1 aliphatic rings. The maximum Gasteiger partial charge on any atom is 0.197 e. The van der Waals surface area contributed by atoms with E-state index >= 15 is 0 Å². The lowest BCUT2D eigenvalue weighted by atomic mass is 9.86. The Morgan fingerprint density at radius 2 is 1.83 bits per heavy atom. The van der Waals surface area contributed by atoms with Gasteiger partial charge in [-0.15, -0.1) is 0 Å². The molecule has 2 rings (SSSR count). The molecule has 1 N–H and O–H groups in total. The fourth-order valence-corrected chi connectivity index (χ4v) is 2.62. The van der Waals surface area contributed by atoms with Gasteiger partial charge < -0.3 is 5.11 Å². The van der Waals surface area contributed by atoms with Crippen LogP contribution in [0.2, 0.25) is 5.02 Å². The van der Waals surface area contributed by atoms with Crippen molar-refractivity contribution in [1.82, 2.24) is 0 Å². The Hall–Kier alpha value is -0.930. The molecule has 1 saturated carbocycles. The fourth-order valence-electron chi connectivity index (χ4n) is 2.46. The van der Waals surface area contributed by atoms with Crippen LogP contribution >= 0.6 is 11.6 Å². The third-order valence-electron chi connectivity index (χ3n) is 3.53. The number of hydrogen-bond donors (Lipinski definition) is 1. The molecule has 1 aromatic carbocycles. The summed E-state index contributed by atoms with van der Waals surface area (Å²) in [7, 11) is 0. The van der Waals surface area contributed by atoms with Gasteiger partial charge in [0.05, 0.1) is 5.56 Å². The Labute approximate surface area is 111 Å². The molecule has 4 heteroatoms. The molecule has 1 fully saturated rings. The van der Waals surface area contributed by atoms with E-state index in [-0.39, 0.29) is 10.6 Å². The van der Waals surface area contributed by atoms with E-state index in [1.54, 1.807) is 0 Å². The quantitative estimate of drug-likeness (QED) is 0.656. The minimum absolute atomic E-state index is 0.0659. The minimum atomic E-state index is -1.41. The van der Waals surface area contributed by atoms with Gasteiger partial charge in [-0.05, 0) is 31.0 Å². The number of carbonyl (C=O) groups excluding carboxylic acids is 1. The first-order valence-corrected chi connectivity index (χ1v) is 6.63. The predicted octanol–water partition coefficient (Wildman–Crippen LogP) is 3.75. The Balaban J connectivity index is 2.29. The minimum Gasteiger partial charge on any atom is -0.382 e. The van der Waals surface area contributed by atoms with E-state index in [1.165, 1.54) is 12.1 Å². The van der Waals surface area contributed by atoms with Gasteiger partial charge in [0.25, 0.3) is 0 Å². The Morgan fingerprint density at radius 3 is 2.39 bits per heavy atom. The highest BCUT2D eigenvalue weighted by molar-refractivity contribution is 6.30. The number of benzene rings is 1. The van der Waals surface area contributed by atoms with Gasteiger partial charge in [0.1, 0.15) is 11.4 Å². The van der Waals surface area contributed by atoms with Crippen molar-refractivity contribution in [1.29, 1.82) is 0 Å². The molecule has 2 nitrogen and oxygen atoms in total. The van der Waals surface area contributed by atoms with Crippen molar-refractivity contribution < 1.29 is 14.3 Å². The molecule has 0 aliphatic heterocycles. The summed E-state index contributed by atoms with van der Waals surface area (Å²) in [5.74, 6) is -1.18. The SMILES string of the molecule is O=C(c1ccc(Cl)cc1F)C1(O)CCCCCC1. The molecule has 0 atom stereocenters.